The number of carbonyl (C=O) groups is 1. The molecule has 4 heteroatoms. The predicted octanol–water partition coefficient (Wildman–Crippen LogP) is 5.21. The highest BCUT2D eigenvalue weighted by Gasteiger charge is 2.10. The van der Waals surface area contributed by atoms with Crippen molar-refractivity contribution in [2.75, 3.05) is 7.11 Å². The molecule has 122 valence electrons. The van der Waals surface area contributed by atoms with E-state index in [2.05, 4.69) is 12.1 Å². The summed E-state index contributed by atoms with van der Waals surface area (Å²) in [5, 5.41) is 2.97. The fourth-order valence-corrected chi connectivity index (χ4v) is 2.46. The first kappa shape index (κ1) is 18.3. The number of methoxy groups -OCH3 is 1. The SMILES string of the molecule is CCCCCCCC(=O)CCC1=CCC(OC)=C(N=O)C=C1. The van der Waals surface area contributed by atoms with Crippen molar-refractivity contribution in [2.24, 2.45) is 5.18 Å². The molecule has 1 aliphatic carbocycles. The first-order chi connectivity index (χ1) is 10.7. The third kappa shape index (κ3) is 6.83. The van der Waals surface area contributed by atoms with E-state index in [1.165, 1.54) is 26.4 Å². The first-order valence-electron chi connectivity index (χ1n) is 8.20. The summed E-state index contributed by atoms with van der Waals surface area (Å²) in [6.45, 7) is 2.19. The van der Waals surface area contributed by atoms with E-state index >= 15 is 0 Å². The molecule has 0 bridgehead atoms. The quantitative estimate of drug-likeness (QED) is 0.389. The van der Waals surface area contributed by atoms with Gasteiger partial charge in [0.2, 0.25) is 0 Å². The maximum absolute atomic E-state index is 11.9. The molecule has 1 aliphatic rings. The smallest absolute Gasteiger partial charge is 0.145 e. The highest BCUT2D eigenvalue weighted by molar-refractivity contribution is 5.78. The minimum absolute atomic E-state index is 0.323. The van der Waals surface area contributed by atoms with Gasteiger partial charge in [-0.05, 0) is 24.1 Å². The number of hydrogen-bond donors (Lipinski definition) is 0. The summed E-state index contributed by atoms with van der Waals surface area (Å²) in [6, 6.07) is 0. The number of nitroso groups, excluding NO2 is 1. The van der Waals surface area contributed by atoms with Gasteiger partial charge < -0.3 is 4.74 Å². The van der Waals surface area contributed by atoms with Crippen LogP contribution in [0, 0.1) is 4.91 Å². The van der Waals surface area contributed by atoms with Crippen molar-refractivity contribution < 1.29 is 9.53 Å². The van der Waals surface area contributed by atoms with Gasteiger partial charge in [0, 0.05) is 19.3 Å². The van der Waals surface area contributed by atoms with Gasteiger partial charge in [0.05, 0.1) is 7.11 Å². The van der Waals surface area contributed by atoms with Crippen LogP contribution >= 0.6 is 0 Å². The summed E-state index contributed by atoms with van der Waals surface area (Å²) in [4.78, 5) is 22.6. The first-order valence-corrected chi connectivity index (χ1v) is 8.20. The lowest BCUT2D eigenvalue weighted by atomic mass is 10.0. The second kappa shape index (κ2) is 10.9. The highest BCUT2D eigenvalue weighted by atomic mass is 16.5. The monoisotopic (exact) mass is 305 g/mol. The van der Waals surface area contributed by atoms with E-state index in [4.69, 9.17) is 4.74 Å². The van der Waals surface area contributed by atoms with Gasteiger partial charge in [-0.1, -0.05) is 50.3 Å². The molecule has 4 nitrogen and oxygen atoms in total. The molecule has 0 amide bonds. The normalized spacial score (nSPS) is 14.5. The van der Waals surface area contributed by atoms with Crippen LogP contribution in [-0.2, 0) is 9.53 Å². The van der Waals surface area contributed by atoms with E-state index in [1.54, 1.807) is 6.08 Å². The van der Waals surface area contributed by atoms with Crippen LogP contribution in [0.15, 0.2) is 40.4 Å². The van der Waals surface area contributed by atoms with Crippen LogP contribution in [-0.4, -0.2) is 12.9 Å². The number of ketones is 1. The molecule has 0 atom stereocenters. The summed E-state index contributed by atoms with van der Waals surface area (Å²) < 4.78 is 5.16. The van der Waals surface area contributed by atoms with Crippen molar-refractivity contribution in [3.8, 4) is 0 Å². The number of carbonyl (C=O) groups excluding carboxylic acids is 1. The number of allylic oxidation sites excluding steroid dienone is 4. The van der Waals surface area contributed by atoms with Gasteiger partial charge in [-0.25, -0.2) is 0 Å². The van der Waals surface area contributed by atoms with Crippen molar-refractivity contribution in [1.29, 1.82) is 0 Å². The lowest BCUT2D eigenvalue weighted by Crippen LogP contribution is -1.98. The number of Topliss-reactive ketones (excluding diaryl/α,β-unsaturated/α-hetero) is 1. The lowest BCUT2D eigenvalue weighted by Gasteiger charge is -2.03. The molecule has 0 heterocycles. The zero-order chi connectivity index (χ0) is 16.2. The van der Waals surface area contributed by atoms with Crippen molar-refractivity contribution in [3.05, 3.63) is 40.2 Å². The van der Waals surface area contributed by atoms with Crippen LogP contribution in [0.4, 0.5) is 0 Å². The van der Waals surface area contributed by atoms with Crippen LogP contribution in [0.5, 0.6) is 0 Å². The zero-order valence-electron chi connectivity index (χ0n) is 13.8. The molecule has 1 rings (SSSR count). The van der Waals surface area contributed by atoms with Crippen LogP contribution in [0.25, 0.3) is 0 Å². The van der Waals surface area contributed by atoms with E-state index in [1.807, 2.05) is 12.2 Å². The largest absolute Gasteiger partial charge is 0.498 e. The molecule has 0 aromatic carbocycles. The average molecular weight is 305 g/mol. The van der Waals surface area contributed by atoms with Crippen molar-refractivity contribution in [2.45, 2.75) is 64.7 Å². The Labute approximate surface area is 133 Å². The second-order valence-electron chi connectivity index (χ2n) is 5.62. The molecular formula is C18H27NO3. The maximum atomic E-state index is 11.9. The Balaban J connectivity index is 2.32. The minimum atomic E-state index is 0.323. The number of ether oxygens (including phenoxy) is 1. The number of unbranched alkanes of at least 4 members (excludes halogenated alkanes) is 4. The Morgan fingerprint density at radius 3 is 2.64 bits per heavy atom. The van der Waals surface area contributed by atoms with Gasteiger partial charge in [-0.3, -0.25) is 4.79 Å². The molecular weight excluding hydrogens is 278 g/mol. The van der Waals surface area contributed by atoms with Crippen molar-refractivity contribution in [3.63, 3.8) is 0 Å². The van der Waals surface area contributed by atoms with Gasteiger partial charge >= 0.3 is 0 Å². The van der Waals surface area contributed by atoms with E-state index < -0.39 is 0 Å². The molecule has 0 unspecified atom stereocenters. The Morgan fingerprint density at radius 2 is 1.95 bits per heavy atom. The van der Waals surface area contributed by atoms with Crippen LogP contribution in [0.1, 0.15) is 64.7 Å². The molecule has 0 fully saturated rings. The summed E-state index contributed by atoms with van der Waals surface area (Å²) in [5.41, 5.74) is 1.39. The van der Waals surface area contributed by atoms with E-state index in [-0.39, 0.29) is 0 Å². The van der Waals surface area contributed by atoms with Crippen molar-refractivity contribution >= 4 is 5.78 Å². The molecule has 0 aromatic heterocycles. The predicted molar refractivity (Wildman–Crippen MR) is 89.3 cm³/mol. The van der Waals surface area contributed by atoms with Crippen LogP contribution in [0.2, 0.25) is 0 Å². The third-order valence-electron chi connectivity index (χ3n) is 3.89. The van der Waals surface area contributed by atoms with E-state index in [0.29, 0.717) is 42.9 Å². The molecule has 0 radical (unpaired) electrons. The van der Waals surface area contributed by atoms with Gasteiger partial charge in [0.1, 0.15) is 17.2 Å². The fraction of sp³-hybridized carbons (Fsp3) is 0.611. The topological polar surface area (TPSA) is 55.7 Å². The molecule has 0 aliphatic heterocycles. The molecule has 22 heavy (non-hydrogen) atoms. The molecule has 0 N–H and O–H groups in total. The Morgan fingerprint density at radius 1 is 1.18 bits per heavy atom. The number of nitrogens with zero attached hydrogens (tertiary/aromatic N) is 1. The molecule has 0 spiro atoms. The fourth-order valence-electron chi connectivity index (χ4n) is 2.46. The lowest BCUT2D eigenvalue weighted by molar-refractivity contribution is -0.119. The van der Waals surface area contributed by atoms with Gasteiger partial charge in [-0.2, -0.15) is 0 Å². The highest BCUT2D eigenvalue weighted by Crippen LogP contribution is 2.22. The molecule has 0 aromatic rings. The summed E-state index contributed by atoms with van der Waals surface area (Å²) in [6.07, 6.45) is 13.9. The minimum Gasteiger partial charge on any atom is -0.498 e. The molecule has 0 saturated heterocycles. The summed E-state index contributed by atoms with van der Waals surface area (Å²) in [7, 11) is 1.54. The Bertz CT molecular complexity index is 461. The standard InChI is InChI=1S/C18H27NO3/c1-3-4-5-6-7-8-16(20)12-9-15-10-13-17(19-21)18(22-2)14-11-15/h10-11,13H,3-9,12,14H2,1-2H3. The third-order valence-corrected chi connectivity index (χ3v) is 3.89. The van der Waals surface area contributed by atoms with E-state index in [9.17, 15) is 9.70 Å². The van der Waals surface area contributed by atoms with Gasteiger partial charge in [0.25, 0.3) is 0 Å². The Hall–Kier alpha value is -1.71. The summed E-state index contributed by atoms with van der Waals surface area (Å²) in [5.74, 6) is 0.896. The van der Waals surface area contributed by atoms with Crippen molar-refractivity contribution in [1.82, 2.24) is 0 Å². The van der Waals surface area contributed by atoms with E-state index in [0.717, 1.165) is 18.4 Å². The number of hydrogen-bond acceptors (Lipinski definition) is 4. The van der Waals surface area contributed by atoms with Crippen LogP contribution < -0.4 is 0 Å². The zero-order valence-corrected chi connectivity index (χ0v) is 13.8. The Kier molecular flexibility index (Phi) is 9.12. The average Bonchev–Trinajstić information content (AvgIpc) is 2.74. The van der Waals surface area contributed by atoms with Gasteiger partial charge in [-0.15, -0.1) is 4.91 Å². The van der Waals surface area contributed by atoms with Crippen LogP contribution in [0.3, 0.4) is 0 Å². The molecule has 0 saturated carbocycles. The number of rotatable bonds is 11. The summed E-state index contributed by atoms with van der Waals surface area (Å²) >= 11 is 0. The second-order valence-corrected chi connectivity index (χ2v) is 5.62. The maximum Gasteiger partial charge on any atom is 0.145 e. The van der Waals surface area contributed by atoms with Gasteiger partial charge in [0.15, 0.2) is 0 Å².